The summed E-state index contributed by atoms with van der Waals surface area (Å²) in [4.78, 5) is 28.2. The Labute approximate surface area is 148 Å². The van der Waals surface area contributed by atoms with E-state index in [0.29, 0.717) is 23.5 Å². The molecule has 3 aromatic rings. The van der Waals surface area contributed by atoms with Crippen molar-refractivity contribution in [2.75, 3.05) is 13.1 Å². The van der Waals surface area contributed by atoms with Gasteiger partial charge in [-0.15, -0.1) is 0 Å². The molecule has 134 valence electrons. The molecule has 5 rings (SSSR count). The van der Waals surface area contributed by atoms with Gasteiger partial charge in [-0.3, -0.25) is 14.7 Å². The first-order chi connectivity index (χ1) is 12.7. The number of piperazine rings is 1. The Morgan fingerprint density at radius 3 is 2.73 bits per heavy atom. The Balaban J connectivity index is 1.53. The van der Waals surface area contributed by atoms with Gasteiger partial charge < -0.3 is 9.84 Å². The third-order valence-corrected chi connectivity index (χ3v) is 5.46. The van der Waals surface area contributed by atoms with Gasteiger partial charge in [0.1, 0.15) is 0 Å². The molecule has 4 heterocycles. The number of benzene rings is 1. The fraction of sp³-hybridized carbons (Fsp3) is 0.389. The lowest BCUT2D eigenvalue weighted by atomic mass is 10.1. The maximum Gasteiger partial charge on any atom is 0.334 e. The van der Waals surface area contributed by atoms with Crippen LogP contribution in [-0.4, -0.2) is 44.8 Å². The monoisotopic (exact) mass is 353 g/mol. The van der Waals surface area contributed by atoms with Crippen molar-refractivity contribution in [3.8, 4) is 5.82 Å². The third kappa shape index (κ3) is 2.49. The second-order valence-electron chi connectivity index (χ2n) is 7.03. The highest BCUT2D eigenvalue weighted by molar-refractivity contribution is 5.84. The van der Waals surface area contributed by atoms with Crippen LogP contribution < -0.4 is 16.6 Å². The summed E-state index contributed by atoms with van der Waals surface area (Å²) in [5.41, 5.74) is 0.815. The van der Waals surface area contributed by atoms with Crippen LogP contribution in [-0.2, 0) is 6.54 Å². The minimum atomic E-state index is -0.529. The van der Waals surface area contributed by atoms with Crippen molar-refractivity contribution < 1.29 is 4.52 Å². The van der Waals surface area contributed by atoms with E-state index in [1.165, 1.54) is 35.2 Å². The number of nitrogens with one attached hydrogen (secondary N) is 2. The van der Waals surface area contributed by atoms with E-state index < -0.39 is 11.2 Å². The molecule has 26 heavy (non-hydrogen) atoms. The van der Waals surface area contributed by atoms with Crippen LogP contribution in [0, 0.1) is 0 Å². The lowest BCUT2D eigenvalue weighted by Crippen LogP contribution is -2.51. The Kier molecular flexibility index (Phi) is 3.54. The van der Waals surface area contributed by atoms with Gasteiger partial charge in [0.05, 0.1) is 5.39 Å². The second-order valence-corrected chi connectivity index (χ2v) is 7.03. The number of aromatic nitrogens is 3. The summed E-state index contributed by atoms with van der Waals surface area (Å²) in [6.07, 6.45) is 3.90. The summed E-state index contributed by atoms with van der Waals surface area (Å²) in [7, 11) is 0. The average molecular weight is 353 g/mol. The summed E-state index contributed by atoms with van der Waals surface area (Å²) >= 11 is 0. The summed E-state index contributed by atoms with van der Waals surface area (Å²) in [5.74, 6) is 0.395. The lowest BCUT2D eigenvalue weighted by Gasteiger charge is -2.35. The van der Waals surface area contributed by atoms with Gasteiger partial charge in [-0.1, -0.05) is 11.2 Å². The molecular formula is C18H19N5O3. The van der Waals surface area contributed by atoms with Gasteiger partial charge in [0.15, 0.2) is 11.4 Å². The lowest BCUT2D eigenvalue weighted by molar-refractivity contribution is 0.145. The molecule has 2 N–H and O–H groups in total. The molecule has 2 aliphatic heterocycles. The van der Waals surface area contributed by atoms with Gasteiger partial charge in [0, 0.05) is 44.0 Å². The summed E-state index contributed by atoms with van der Waals surface area (Å²) in [6.45, 7) is 2.96. The minimum absolute atomic E-state index is 0.395. The average Bonchev–Trinajstić information content (AvgIpc) is 3.11. The van der Waals surface area contributed by atoms with Crippen molar-refractivity contribution in [2.45, 2.75) is 31.5 Å². The number of hydrogen-bond donors (Lipinski definition) is 2. The number of nitrogens with zero attached hydrogens (tertiary/aromatic N) is 3. The number of H-pyrrole nitrogens is 1. The zero-order valence-corrected chi connectivity index (χ0v) is 14.1. The van der Waals surface area contributed by atoms with Crippen molar-refractivity contribution in [1.29, 1.82) is 0 Å². The highest BCUT2D eigenvalue weighted by Crippen LogP contribution is 2.29. The van der Waals surface area contributed by atoms with Crippen LogP contribution in [0.3, 0.4) is 0 Å². The number of fused-ring (bicyclic) bond motifs is 3. The van der Waals surface area contributed by atoms with E-state index in [9.17, 15) is 9.59 Å². The van der Waals surface area contributed by atoms with Crippen LogP contribution in [0.5, 0.6) is 0 Å². The first-order valence-electron chi connectivity index (χ1n) is 8.86. The molecule has 0 unspecified atom stereocenters. The van der Waals surface area contributed by atoms with Gasteiger partial charge >= 0.3 is 5.69 Å². The van der Waals surface area contributed by atoms with E-state index in [1.54, 1.807) is 0 Å². The van der Waals surface area contributed by atoms with Crippen LogP contribution in [0.25, 0.3) is 16.8 Å². The standard InChI is InChI=1S/C18H19N5O3/c24-16-5-6-22(18(25)20-16)17-14-7-11(1-4-15(14)26-21-17)10-23-12-2-3-13(23)9-19-8-12/h1,4-7,12-13,19H,2-3,8-10H2,(H,20,24,25)/t12-,13+. The molecule has 0 radical (unpaired) electrons. The molecule has 2 aromatic heterocycles. The number of rotatable bonds is 3. The van der Waals surface area contributed by atoms with Crippen LogP contribution in [0.15, 0.2) is 44.6 Å². The SMILES string of the molecule is O=c1ccn(-c2noc3ccc(CN4[C@@H]5CC[C@H]4CNC5)cc23)c(=O)[nH]1. The molecule has 0 spiro atoms. The van der Waals surface area contributed by atoms with Gasteiger partial charge in [0.25, 0.3) is 5.56 Å². The molecule has 1 aromatic carbocycles. The maximum atomic E-state index is 12.1. The van der Waals surface area contributed by atoms with Gasteiger partial charge in [0.2, 0.25) is 0 Å². The second kappa shape index (κ2) is 5.93. The van der Waals surface area contributed by atoms with Gasteiger partial charge in [-0.05, 0) is 30.5 Å². The van der Waals surface area contributed by atoms with E-state index in [2.05, 4.69) is 26.4 Å². The highest BCUT2D eigenvalue weighted by Gasteiger charge is 2.36. The first-order valence-corrected chi connectivity index (χ1v) is 8.86. The van der Waals surface area contributed by atoms with Crippen molar-refractivity contribution in [3.63, 3.8) is 0 Å². The maximum absolute atomic E-state index is 12.1. The smallest absolute Gasteiger partial charge is 0.334 e. The minimum Gasteiger partial charge on any atom is -0.354 e. The van der Waals surface area contributed by atoms with Crippen LogP contribution >= 0.6 is 0 Å². The van der Waals surface area contributed by atoms with Crippen molar-refractivity contribution >= 4 is 11.0 Å². The van der Waals surface area contributed by atoms with E-state index in [4.69, 9.17) is 4.52 Å². The molecule has 8 heteroatoms. The van der Waals surface area contributed by atoms with Gasteiger partial charge in [-0.25, -0.2) is 9.36 Å². The van der Waals surface area contributed by atoms with Crippen molar-refractivity contribution in [2.24, 2.45) is 0 Å². The molecule has 0 amide bonds. The molecular weight excluding hydrogens is 334 g/mol. The van der Waals surface area contributed by atoms with Crippen LogP contribution in [0.4, 0.5) is 0 Å². The van der Waals surface area contributed by atoms with E-state index in [1.807, 2.05) is 12.1 Å². The Bertz CT molecular complexity index is 1070. The molecule has 2 fully saturated rings. The fourth-order valence-electron chi connectivity index (χ4n) is 4.17. The van der Waals surface area contributed by atoms with Gasteiger partial charge in [-0.2, -0.15) is 0 Å². The quantitative estimate of drug-likeness (QED) is 0.716. The highest BCUT2D eigenvalue weighted by atomic mass is 16.5. The van der Waals surface area contributed by atoms with Crippen LogP contribution in [0.1, 0.15) is 18.4 Å². The normalized spacial score (nSPS) is 22.9. The van der Waals surface area contributed by atoms with Crippen LogP contribution in [0.2, 0.25) is 0 Å². The Morgan fingerprint density at radius 2 is 1.96 bits per heavy atom. The van der Waals surface area contributed by atoms with Crippen molar-refractivity contribution in [3.05, 3.63) is 56.9 Å². The topological polar surface area (TPSA) is 96.2 Å². The summed E-state index contributed by atoms with van der Waals surface area (Å²) in [6, 6.07) is 8.45. The van der Waals surface area contributed by atoms with E-state index >= 15 is 0 Å². The van der Waals surface area contributed by atoms with Crippen molar-refractivity contribution in [1.82, 2.24) is 24.9 Å². The predicted molar refractivity (Wildman–Crippen MR) is 95.4 cm³/mol. The molecule has 2 aliphatic rings. The van der Waals surface area contributed by atoms with E-state index in [0.717, 1.165) is 25.0 Å². The molecule has 2 bridgehead atoms. The molecule has 8 nitrogen and oxygen atoms in total. The number of hydrogen-bond acceptors (Lipinski definition) is 6. The molecule has 2 saturated heterocycles. The zero-order valence-electron chi connectivity index (χ0n) is 14.1. The molecule has 2 atom stereocenters. The predicted octanol–water partition coefficient (Wildman–Crippen LogP) is 0.603. The Morgan fingerprint density at radius 1 is 1.15 bits per heavy atom. The Hall–Kier alpha value is -2.71. The third-order valence-electron chi connectivity index (χ3n) is 5.46. The molecule has 0 aliphatic carbocycles. The summed E-state index contributed by atoms with van der Waals surface area (Å²) < 4.78 is 6.66. The number of aromatic amines is 1. The largest absolute Gasteiger partial charge is 0.354 e. The molecule has 0 saturated carbocycles. The van der Waals surface area contributed by atoms with E-state index in [-0.39, 0.29) is 0 Å². The fourth-order valence-corrected chi connectivity index (χ4v) is 4.17. The zero-order chi connectivity index (χ0) is 17.7. The first kappa shape index (κ1) is 15.5. The summed E-state index contributed by atoms with van der Waals surface area (Å²) in [5, 5.41) is 8.29.